The van der Waals surface area contributed by atoms with Gasteiger partial charge in [0.05, 0.1) is 0 Å². The summed E-state index contributed by atoms with van der Waals surface area (Å²) in [4.78, 5) is 2.59. The highest BCUT2D eigenvalue weighted by molar-refractivity contribution is 4.98. The first-order valence-corrected chi connectivity index (χ1v) is 6.84. The van der Waals surface area contributed by atoms with Gasteiger partial charge in [-0.2, -0.15) is 0 Å². The molecule has 0 heterocycles. The number of hydrogen-bond donors (Lipinski definition) is 1. The van der Waals surface area contributed by atoms with E-state index in [4.69, 9.17) is 5.73 Å². The summed E-state index contributed by atoms with van der Waals surface area (Å²) in [5.74, 6) is 1.45. The van der Waals surface area contributed by atoms with E-state index in [0.29, 0.717) is 0 Å². The van der Waals surface area contributed by atoms with Crippen LogP contribution < -0.4 is 5.73 Å². The van der Waals surface area contributed by atoms with Crippen LogP contribution in [0.5, 0.6) is 0 Å². The summed E-state index contributed by atoms with van der Waals surface area (Å²) in [6.45, 7) is 10.0. The Morgan fingerprint density at radius 1 is 1.12 bits per heavy atom. The molecule has 2 heteroatoms. The molecule has 0 aliphatic heterocycles. The Morgan fingerprint density at radius 3 is 1.81 bits per heavy atom. The van der Waals surface area contributed by atoms with Crippen LogP contribution in [-0.2, 0) is 0 Å². The lowest BCUT2D eigenvalue weighted by molar-refractivity contribution is 0.0710. The second kappa shape index (κ2) is 5.50. The lowest BCUT2D eigenvalue weighted by Gasteiger charge is -2.44. The van der Waals surface area contributed by atoms with Gasteiger partial charge >= 0.3 is 0 Å². The van der Waals surface area contributed by atoms with E-state index in [1.165, 1.54) is 25.7 Å². The fourth-order valence-electron chi connectivity index (χ4n) is 3.05. The summed E-state index contributed by atoms with van der Waals surface area (Å²) in [7, 11) is 2.29. The SMILES string of the molecule is CC(C)CC(CN)(CC(C)C)N(C)C1CC1. The first-order chi connectivity index (χ1) is 7.41. The highest BCUT2D eigenvalue weighted by Crippen LogP contribution is 2.37. The summed E-state index contributed by atoms with van der Waals surface area (Å²) in [5.41, 5.74) is 6.37. The predicted octanol–water partition coefficient (Wildman–Crippen LogP) is 2.87. The number of nitrogens with two attached hydrogens (primary N) is 1. The molecule has 0 bridgehead atoms. The highest BCUT2D eigenvalue weighted by Gasteiger charge is 2.41. The molecule has 0 unspecified atom stereocenters. The smallest absolute Gasteiger partial charge is 0.0336 e. The van der Waals surface area contributed by atoms with Crippen molar-refractivity contribution in [3.8, 4) is 0 Å². The second-order valence-electron chi connectivity index (χ2n) is 6.47. The molecule has 2 N–H and O–H groups in total. The quantitative estimate of drug-likeness (QED) is 0.723. The van der Waals surface area contributed by atoms with Crippen molar-refractivity contribution in [3.63, 3.8) is 0 Å². The fourth-order valence-corrected chi connectivity index (χ4v) is 3.05. The molecule has 1 fully saturated rings. The minimum atomic E-state index is 0.240. The Balaban J connectivity index is 2.77. The molecule has 0 atom stereocenters. The monoisotopic (exact) mass is 226 g/mol. The molecule has 0 aromatic carbocycles. The fraction of sp³-hybridized carbons (Fsp3) is 1.00. The Bertz CT molecular complexity index is 197. The first-order valence-electron chi connectivity index (χ1n) is 6.84. The Morgan fingerprint density at radius 2 is 1.56 bits per heavy atom. The van der Waals surface area contributed by atoms with Crippen molar-refractivity contribution in [1.29, 1.82) is 0 Å². The van der Waals surface area contributed by atoms with Crippen LogP contribution in [0.4, 0.5) is 0 Å². The third kappa shape index (κ3) is 3.46. The van der Waals surface area contributed by atoms with Crippen LogP contribution in [0.2, 0.25) is 0 Å². The van der Waals surface area contributed by atoms with Crippen molar-refractivity contribution in [2.45, 2.75) is 65.0 Å². The molecule has 0 aromatic heterocycles. The van der Waals surface area contributed by atoms with Gasteiger partial charge in [0.1, 0.15) is 0 Å². The van der Waals surface area contributed by atoms with Gasteiger partial charge < -0.3 is 5.73 Å². The zero-order chi connectivity index (χ0) is 12.3. The number of hydrogen-bond acceptors (Lipinski definition) is 2. The van der Waals surface area contributed by atoms with E-state index < -0.39 is 0 Å². The summed E-state index contributed by atoms with van der Waals surface area (Å²) in [6.07, 6.45) is 5.20. The van der Waals surface area contributed by atoms with E-state index in [2.05, 4.69) is 39.6 Å². The molecule has 0 radical (unpaired) electrons. The molecule has 0 spiro atoms. The molecular weight excluding hydrogens is 196 g/mol. The Hall–Kier alpha value is -0.0800. The molecule has 1 rings (SSSR count). The van der Waals surface area contributed by atoms with Crippen molar-refractivity contribution in [1.82, 2.24) is 4.90 Å². The average molecular weight is 226 g/mol. The average Bonchev–Trinajstić information content (AvgIpc) is 2.97. The van der Waals surface area contributed by atoms with Crippen LogP contribution in [-0.4, -0.2) is 30.1 Å². The summed E-state index contributed by atoms with van der Waals surface area (Å²) in [5, 5.41) is 0. The Labute approximate surface area is 102 Å². The molecule has 0 aromatic rings. The standard InChI is InChI=1S/C14H30N2/c1-11(2)8-14(10-15,9-12(3)4)16(5)13-6-7-13/h11-13H,6-10,15H2,1-5H3. The molecule has 16 heavy (non-hydrogen) atoms. The van der Waals surface area contributed by atoms with Crippen molar-refractivity contribution >= 4 is 0 Å². The lowest BCUT2D eigenvalue weighted by Crippen LogP contribution is -2.54. The van der Waals surface area contributed by atoms with E-state index in [0.717, 1.165) is 24.4 Å². The Kier molecular flexibility index (Phi) is 4.81. The van der Waals surface area contributed by atoms with Crippen molar-refractivity contribution < 1.29 is 0 Å². The summed E-state index contributed by atoms with van der Waals surface area (Å²) >= 11 is 0. The minimum absolute atomic E-state index is 0.240. The van der Waals surface area contributed by atoms with E-state index in [1.807, 2.05) is 0 Å². The molecule has 0 saturated heterocycles. The largest absolute Gasteiger partial charge is 0.329 e. The highest BCUT2D eigenvalue weighted by atomic mass is 15.2. The molecule has 1 aliphatic carbocycles. The van der Waals surface area contributed by atoms with Gasteiger partial charge in [0.15, 0.2) is 0 Å². The normalized spacial score (nSPS) is 17.8. The predicted molar refractivity (Wildman–Crippen MR) is 71.5 cm³/mol. The number of rotatable bonds is 7. The second-order valence-corrected chi connectivity index (χ2v) is 6.47. The molecule has 1 aliphatic rings. The van der Waals surface area contributed by atoms with Gasteiger partial charge in [-0.25, -0.2) is 0 Å². The van der Waals surface area contributed by atoms with Crippen LogP contribution in [0.3, 0.4) is 0 Å². The molecule has 0 amide bonds. The maximum absolute atomic E-state index is 6.13. The molecule has 1 saturated carbocycles. The van der Waals surface area contributed by atoms with Gasteiger partial charge in [-0.3, -0.25) is 4.90 Å². The zero-order valence-corrected chi connectivity index (χ0v) is 11.8. The van der Waals surface area contributed by atoms with Gasteiger partial charge in [-0.1, -0.05) is 27.7 Å². The van der Waals surface area contributed by atoms with Gasteiger partial charge in [-0.05, 0) is 44.6 Å². The van der Waals surface area contributed by atoms with E-state index in [1.54, 1.807) is 0 Å². The minimum Gasteiger partial charge on any atom is -0.329 e. The molecule has 96 valence electrons. The van der Waals surface area contributed by atoms with Crippen LogP contribution in [0.15, 0.2) is 0 Å². The van der Waals surface area contributed by atoms with Gasteiger partial charge in [0.2, 0.25) is 0 Å². The van der Waals surface area contributed by atoms with Gasteiger partial charge in [0, 0.05) is 18.1 Å². The summed E-state index contributed by atoms with van der Waals surface area (Å²) in [6, 6.07) is 0.807. The van der Waals surface area contributed by atoms with E-state index in [9.17, 15) is 0 Å². The van der Waals surface area contributed by atoms with E-state index in [-0.39, 0.29) is 5.54 Å². The maximum Gasteiger partial charge on any atom is 0.0336 e. The van der Waals surface area contributed by atoms with E-state index >= 15 is 0 Å². The first kappa shape index (κ1) is 14.0. The van der Waals surface area contributed by atoms with Gasteiger partial charge in [0.25, 0.3) is 0 Å². The maximum atomic E-state index is 6.13. The van der Waals surface area contributed by atoms with Crippen LogP contribution in [0, 0.1) is 11.8 Å². The van der Waals surface area contributed by atoms with Crippen molar-refractivity contribution in [2.75, 3.05) is 13.6 Å². The van der Waals surface area contributed by atoms with Crippen molar-refractivity contribution in [2.24, 2.45) is 17.6 Å². The lowest BCUT2D eigenvalue weighted by atomic mass is 9.80. The third-order valence-corrected chi connectivity index (χ3v) is 3.80. The molecular formula is C14H30N2. The van der Waals surface area contributed by atoms with Crippen LogP contribution in [0.1, 0.15) is 53.4 Å². The summed E-state index contributed by atoms with van der Waals surface area (Å²) < 4.78 is 0. The van der Waals surface area contributed by atoms with Crippen LogP contribution >= 0.6 is 0 Å². The molecule has 2 nitrogen and oxygen atoms in total. The third-order valence-electron chi connectivity index (χ3n) is 3.80. The number of likely N-dealkylation sites (N-methyl/N-ethyl adjacent to an activating group) is 1. The van der Waals surface area contributed by atoms with Crippen LogP contribution in [0.25, 0.3) is 0 Å². The topological polar surface area (TPSA) is 29.3 Å². The zero-order valence-electron chi connectivity index (χ0n) is 11.8. The van der Waals surface area contributed by atoms with Crippen molar-refractivity contribution in [3.05, 3.63) is 0 Å². The number of nitrogens with zero attached hydrogens (tertiary/aromatic N) is 1. The van der Waals surface area contributed by atoms with Gasteiger partial charge in [-0.15, -0.1) is 0 Å².